The molecule has 2 N–H and O–H groups in total. The van der Waals surface area contributed by atoms with Crippen LogP contribution in [0.5, 0.6) is 0 Å². The molecule has 0 unspecified atom stereocenters. The number of hydrogen-bond acceptors (Lipinski definition) is 3. The number of esters is 1. The normalized spacial score (nSPS) is 12.8. The molecule has 7 heteroatoms. The molecule has 0 amide bonds. The van der Waals surface area contributed by atoms with Crippen molar-refractivity contribution >= 4 is 5.97 Å². The molecular formula is C15H23F3N2O2. The summed E-state index contributed by atoms with van der Waals surface area (Å²) in [6.07, 6.45) is -4.63. The predicted octanol–water partition coefficient (Wildman–Crippen LogP) is 3.80. The number of carbonyl (C=O) groups is 1. The molecule has 0 radical (unpaired) electrons. The number of halogens is 3. The number of alkyl halides is 3. The van der Waals surface area contributed by atoms with Gasteiger partial charge in [-0.15, -0.1) is 0 Å². The van der Waals surface area contributed by atoms with Crippen molar-refractivity contribution in [1.29, 1.82) is 0 Å². The lowest BCUT2D eigenvalue weighted by Gasteiger charge is -2.20. The summed E-state index contributed by atoms with van der Waals surface area (Å²) in [4.78, 5) is 14.8. The average Bonchev–Trinajstić information content (AvgIpc) is 2.60. The number of carbonyl (C=O) groups excluding carboxylic acids is 1. The van der Waals surface area contributed by atoms with Crippen LogP contribution >= 0.6 is 0 Å². The van der Waals surface area contributed by atoms with Gasteiger partial charge in [-0.1, -0.05) is 13.8 Å². The minimum atomic E-state index is -4.63. The van der Waals surface area contributed by atoms with Gasteiger partial charge in [0.2, 0.25) is 0 Å². The fourth-order valence-corrected chi connectivity index (χ4v) is 2.03. The summed E-state index contributed by atoms with van der Waals surface area (Å²) in [5.74, 6) is -0.968. The number of ether oxygens (including phenoxy) is 1. The number of H-pyrrole nitrogens is 1. The lowest BCUT2D eigenvalue weighted by Crippen LogP contribution is -2.27. The first-order chi connectivity index (χ1) is 9.83. The summed E-state index contributed by atoms with van der Waals surface area (Å²) in [5, 5.41) is 2.92. The molecule has 0 aromatic carbocycles. The second-order valence-electron chi connectivity index (χ2n) is 6.51. The molecule has 0 saturated carbocycles. The number of aromatic amines is 1. The summed E-state index contributed by atoms with van der Waals surface area (Å²) in [6, 6.07) is 0.0228. The Balaban J connectivity index is 3.29. The molecule has 1 aromatic rings. The van der Waals surface area contributed by atoms with Gasteiger partial charge >= 0.3 is 12.1 Å². The lowest BCUT2D eigenvalue weighted by atomic mass is 10.1. The maximum Gasteiger partial charge on any atom is 0.419 e. The summed E-state index contributed by atoms with van der Waals surface area (Å²) >= 11 is 0. The monoisotopic (exact) mass is 320 g/mol. The molecular weight excluding hydrogens is 297 g/mol. The maximum atomic E-state index is 13.4. The molecule has 1 heterocycles. The largest absolute Gasteiger partial charge is 0.456 e. The second kappa shape index (κ2) is 6.32. The molecule has 0 spiro atoms. The van der Waals surface area contributed by atoms with E-state index < -0.39 is 28.9 Å². The van der Waals surface area contributed by atoms with Gasteiger partial charge in [-0.2, -0.15) is 13.2 Å². The average molecular weight is 320 g/mol. The van der Waals surface area contributed by atoms with Crippen LogP contribution < -0.4 is 5.32 Å². The van der Waals surface area contributed by atoms with Gasteiger partial charge in [0, 0.05) is 24.0 Å². The van der Waals surface area contributed by atoms with E-state index in [9.17, 15) is 18.0 Å². The van der Waals surface area contributed by atoms with Gasteiger partial charge in [0.15, 0.2) is 0 Å². The minimum Gasteiger partial charge on any atom is -0.456 e. The molecule has 0 bridgehead atoms. The minimum absolute atomic E-state index is 0.00382. The van der Waals surface area contributed by atoms with Crippen LogP contribution in [0.4, 0.5) is 13.2 Å². The SMILES string of the molecule is Cc1[nH]c(CNC(C)C)c(C(F)(F)F)c1C(=O)OC(C)(C)C. The van der Waals surface area contributed by atoms with Crippen molar-refractivity contribution < 1.29 is 22.7 Å². The molecule has 0 atom stereocenters. The van der Waals surface area contributed by atoms with E-state index in [0.29, 0.717) is 0 Å². The van der Waals surface area contributed by atoms with Crippen molar-refractivity contribution in [1.82, 2.24) is 10.3 Å². The number of hydrogen-bond donors (Lipinski definition) is 2. The van der Waals surface area contributed by atoms with Crippen LogP contribution in [0.25, 0.3) is 0 Å². The third-order valence-electron chi connectivity index (χ3n) is 2.84. The first-order valence-corrected chi connectivity index (χ1v) is 7.08. The number of rotatable bonds is 4. The van der Waals surface area contributed by atoms with Crippen molar-refractivity contribution in [3.05, 3.63) is 22.5 Å². The Morgan fingerprint density at radius 1 is 1.27 bits per heavy atom. The zero-order valence-corrected chi connectivity index (χ0v) is 13.7. The Hall–Kier alpha value is -1.50. The second-order valence-corrected chi connectivity index (χ2v) is 6.51. The maximum absolute atomic E-state index is 13.4. The molecule has 0 aliphatic carbocycles. The van der Waals surface area contributed by atoms with Gasteiger partial charge in [0.25, 0.3) is 0 Å². The molecule has 126 valence electrons. The van der Waals surface area contributed by atoms with Crippen molar-refractivity contribution in [2.75, 3.05) is 0 Å². The van der Waals surface area contributed by atoms with E-state index in [1.807, 2.05) is 13.8 Å². The van der Waals surface area contributed by atoms with Crippen LogP contribution in [0.1, 0.15) is 61.9 Å². The van der Waals surface area contributed by atoms with Gasteiger partial charge in [-0.05, 0) is 27.7 Å². The molecule has 22 heavy (non-hydrogen) atoms. The van der Waals surface area contributed by atoms with E-state index in [-0.39, 0.29) is 24.0 Å². The summed E-state index contributed by atoms with van der Waals surface area (Å²) in [7, 11) is 0. The van der Waals surface area contributed by atoms with Crippen LogP contribution in [-0.4, -0.2) is 22.6 Å². The van der Waals surface area contributed by atoms with Gasteiger partial charge in [-0.25, -0.2) is 4.79 Å². The Morgan fingerprint density at radius 3 is 2.23 bits per heavy atom. The van der Waals surface area contributed by atoms with Gasteiger partial charge in [0.1, 0.15) is 5.60 Å². The van der Waals surface area contributed by atoms with E-state index in [2.05, 4.69) is 10.3 Å². The van der Waals surface area contributed by atoms with Gasteiger partial charge in [0.05, 0.1) is 11.1 Å². The Bertz CT molecular complexity index is 540. The van der Waals surface area contributed by atoms with Crippen LogP contribution in [0.2, 0.25) is 0 Å². The summed E-state index contributed by atoms with van der Waals surface area (Å²) in [5.41, 5.74) is -2.16. The van der Waals surface area contributed by atoms with Crippen LogP contribution in [0.3, 0.4) is 0 Å². The lowest BCUT2D eigenvalue weighted by molar-refractivity contribution is -0.138. The zero-order chi connectivity index (χ0) is 17.3. The van der Waals surface area contributed by atoms with Crippen molar-refractivity contribution in [3.63, 3.8) is 0 Å². The third-order valence-corrected chi connectivity index (χ3v) is 2.84. The highest BCUT2D eigenvalue weighted by Gasteiger charge is 2.41. The quantitative estimate of drug-likeness (QED) is 0.830. The fraction of sp³-hybridized carbons (Fsp3) is 0.667. The highest BCUT2D eigenvalue weighted by atomic mass is 19.4. The Labute approximate surface area is 128 Å². The standard InChI is InChI=1S/C15H23F3N2O2/c1-8(2)19-7-10-12(15(16,17)18)11(9(3)20-10)13(21)22-14(4,5)6/h8,19-20H,7H2,1-6H3. The first-order valence-electron chi connectivity index (χ1n) is 7.08. The summed E-state index contributed by atoms with van der Waals surface area (Å²) in [6.45, 7) is 9.93. The van der Waals surface area contributed by atoms with Crippen LogP contribution in [0.15, 0.2) is 0 Å². The molecule has 1 aromatic heterocycles. The van der Waals surface area contributed by atoms with Crippen LogP contribution in [-0.2, 0) is 17.5 Å². The fourth-order valence-electron chi connectivity index (χ4n) is 2.03. The van der Waals surface area contributed by atoms with Crippen molar-refractivity contribution in [2.45, 2.75) is 65.9 Å². The molecule has 1 rings (SSSR count). The van der Waals surface area contributed by atoms with Crippen molar-refractivity contribution in [3.8, 4) is 0 Å². The molecule has 0 fully saturated rings. The predicted molar refractivity (Wildman–Crippen MR) is 77.7 cm³/mol. The highest BCUT2D eigenvalue weighted by Crippen LogP contribution is 2.37. The molecule has 0 saturated heterocycles. The number of nitrogens with one attached hydrogen (secondary N) is 2. The topological polar surface area (TPSA) is 54.1 Å². The van der Waals surface area contributed by atoms with Crippen LogP contribution in [0, 0.1) is 6.92 Å². The van der Waals surface area contributed by atoms with Gasteiger partial charge in [-0.3, -0.25) is 0 Å². The van der Waals surface area contributed by atoms with Gasteiger partial charge < -0.3 is 15.0 Å². The first kappa shape index (κ1) is 18.5. The zero-order valence-electron chi connectivity index (χ0n) is 13.7. The third kappa shape index (κ3) is 4.76. The number of aromatic nitrogens is 1. The summed E-state index contributed by atoms with van der Waals surface area (Å²) < 4.78 is 45.3. The molecule has 4 nitrogen and oxygen atoms in total. The molecule has 0 aliphatic heterocycles. The van der Waals surface area contributed by atoms with E-state index in [1.54, 1.807) is 20.8 Å². The highest BCUT2D eigenvalue weighted by molar-refractivity contribution is 5.93. The van der Waals surface area contributed by atoms with E-state index in [0.717, 1.165) is 0 Å². The van der Waals surface area contributed by atoms with Crippen molar-refractivity contribution in [2.24, 2.45) is 0 Å². The van der Waals surface area contributed by atoms with E-state index >= 15 is 0 Å². The van der Waals surface area contributed by atoms with E-state index in [1.165, 1.54) is 6.92 Å². The van der Waals surface area contributed by atoms with E-state index in [4.69, 9.17) is 4.74 Å². The Kier molecular flexibility index (Phi) is 5.33. The number of aryl methyl sites for hydroxylation is 1. The molecule has 0 aliphatic rings. The smallest absolute Gasteiger partial charge is 0.419 e. The Morgan fingerprint density at radius 2 is 1.82 bits per heavy atom.